The summed E-state index contributed by atoms with van der Waals surface area (Å²) in [7, 11) is -36.0. The van der Waals surface area contributed by atoms with E-state index in [4.69, 9.17) is 27.3 Å². The van der Waals surface area contributed by atoms with Gasteiger partial charge in [0, 0.05) is 37.2 Å². The molecule has 0 aliphatic heterocycles. The number of aliphatic carboxylic acids is 6. The molecule has 0 saturated carbocycles. The van der Waals surface area contributed by atoms with Crippen LogP contribution in [0.4, 0.5) is 0 Å². The third-order valence-corrected chi connectivity index (χ3v) is 15.2. The summed E-state index contributed by atoms with van der Waals surface area (Å²) in [5, 5.41) is 61.3. The maximum Gasteiger partial charge on any atom is 2.00 e. The van der Waals surface area contributed by atoms with E-state index in [1.807, 2.05) is 0 Å². The number of carbonyl (C=O) groups excluding carboxylic acids is 6. The van der Waals surface area contributed by atoms with E-state index in [0.717, 1.165) is 0 Å². The second kappa shape index (κ2) is 21.4. The summed E-state index contributed by atoms with van der Waals surface area (Å²) in [4.78, 5) is 61.3. The van der Waals surface area contributed by atoms with Gasteiger partial charge in [0.25, 0.3) is 72.9 Å². The van der Waals surface area contributed by atoms with E-state index in [0.29, 0.717) is 0 Å². The number of carboxylic acids is 6. The predicted octanol–water partition coefficient (Wildman–Crippen LogP) is -15.1. The molecule has 0 aliphatic rings. The maximum atomic E-state index is 10.6. The Morgan fingerprint density at radius 3 is 0.451 bits per heavy atom. The van der Waals surface area contributed by atoms with Crippen LogP contribution in [0, 0.1) is 0 Å². The van der Waals surface area contributed by atoms with Gasteiger partial charge in [0.05, 0.1) is 17.9 Å². The average molecular weight is 949 g/mol. The van der Waals surface area contributed by atoms with Crippen LogP contribution in [0.2, 0.25) is 0 Å². The molecule has 30 nitrogen and oxygen atoms in total. The zero-order valence-electron chi connectivity index (χ0n) is 23.7. The quantitative estimate of drug-likeness (QED) is 0.0655. The molecule has 0 saturated heterocycles. The summed E-state index contributed by atoms with van der Waals surface area (Å²) >= 11 is 0. The van der Waals surface area contributed by atoms with Crippen LogP contribution in [0.1, 0.15) is 19.3 Å². The molecule has 0 heterocycles. The monoisotopic (exact) mass is 948 g/mol. The van der Waals surface area contributed by atoms with Gasteiger partial charge in [-0.15, -0.1) is 0 Å². The summed E-state index contributed by atoms with van der Waals surface area (Å²) in [5.41, 5.74) is 0. The molecule has 0 radical (unpaired) electrons. The molecule has 0 bridgehead atoms. The third kappa shape index (κ3) is 15.3. The van der Waals surface area contributed by atoms with E-state index in [9.17, 15) is 110 Å². The van der Waals surface area contributed by atoms with E-state index < -0.39 is 128 Å². The number of hydrogen-bond acceptors (Lipinski definition) is 24. The Morgan fingerprint density at radius 1 is 0.333 bits per heavy atom. The fourth-order valence-electron chi connectivity index (χ4n) is 2.36. The molecule has 0 aliphatic carbocycles. The Bertz CT molecular complexity index is 1680. The van der Waals surface area contributed by atoms with Gasteiger partial charge in [0.1, 0.15) is 0 Å². The van der Waals surface area contributed by atoms with Crippen molar-refractivity contribution < 1.29 is 137 Å². The Kier molecular flexibility index (Phi) is 26.4. The van der Waals surface area contributed by atoms with E-state index in [2.05, 4.69) is 0 Å². The summed E-state index contributed by atoms with van der Waals surface area (Å²) in [6.07, 6.45) is -6.65. The molecule has 0 aromatic carbocycles. The van der Waals surface area contributed by atoms with Crippen LogP contribution in [0.5, 0.6) is 0 Å². The molecule has 51 heavy (non-hydrogen) atoms. The van der Waals surface area contributed by atoms with Crippen molar-refractivity contribution in [3.63, 3.8) is 0 Å². The molecule has 0 unspecified atom stereocenters. The van der Waals surface area contributed by atoms with Crippen LogP contribution >= 0.6 is 0 Å². The minimum absolute atomic E-state index is 0. The predicted molar refractivity (Wildman–Crippen MR) is 139 cm³/mol. The van der Waals surface area contributed by atoms with Crippen LogP contribution in [0.25, 0.3) is 0 Å². The van der Waals surface area contributed by atoms with Crippen LogP contribution in [-0.2, 0) is 89.5 Å². The molecule has 0 aromatic heterocycles. The van der Waals surface area contributed by atoms with Gasteiger partial charge in [-0.05, 0) is 0 Å². The van der Waals surface area contributed by atoms with Gasteiger partial charge < -0.3 is 59.4 Å². The smallest absolute Gasteiger partial charge is 0.550 e. The number of carboxylic acid groups (broad SMARTS) is 6. The van der Waals surface area contributed by atoms with Crippen LogP contribution in [0.15, 0.2) is 0 Å². The third-order valence-electron chi connectivity index (χ3n) is 4.56. The van der Waals surface area contributed by atoms with Crippen molar-refractivity contribution in [3.05, 3.63) is 0 Å². The largest absolute Gasteiger partial charge is 2.00 e. The van der Waals surface area contributed by atoms with Crippen molar-refractivity contribution >= 4 is 210 Å². The SMILES string of the molecule is O=C([O-])CC(C(=O)[O-])(S(=O)(=O)O)S(=O)(=O)O.O=C([O-])CC(C(=O)[O-])(S(=O)(=O)O)S(=O)(=O)O.O=C([O-])CC(C(=O)[O-])(S(=O)(=O)O)S(=O)(=O)O.[Ca+2].[Ca+2].[Ca+2]. The first-order valence-electron chi connectivity index (χ1n) is 9.64. The number of hydrogen-bond donors (Lipinski definition) is 6. The minimum Gasteiger partial charge on any atom is -0.550 e. The molecule has 0 rings (SSSR count). The van der Waals surface area contributed by atoms with Gasteiger partial charge in [-0.1, -0.05) is 0 Å². The fraction of sp³-hybridized carbons (Fsp3) is 0.500. The molecule has 282 valence electrons. The van der Waals surface area contributed by atoms with Gasteiger partial charge in [0.15, 0.2) is 0 Å². The van der Waals surface area contributed by atoms with Crippen molar-refractivity contribution in [2.24, 2.45) is 0 Å². The van der Waals surface area contributed by atoms with Crippen LogP contribution in [0.3, 0.4) is 0 Å². The molecule has 0 amide bonds. The maximum absolute atomic E-state index is 10.6. The molecular weight excluding hydrogens is 937 g/mol. The molecular formula is C12H12Ca3O30S6. The Labute approximate surface area is 373 Å². The van der Waals surface area contributed by atoms with Crippen molar-refractivity contribution in [2.75, 3.05) is 0 Å². The van der Waals surface area contributed by atoms with Crippen LogP contribution in [-0.4, -0.2) is 239 Å². The summed E-state index contributed by atoms with van der Waals surface area (Å²) in [6.45, 7) is 0. The molecule has 39 heteroatoms. The van der Waals surface area contributed by atoms with E-state index in [1.54, 1.807) is 0 Å². The van der Waals surface area contributed by atoms with Crippen molar-refractivity contribution in [1.82, 2.24) is 0 Å². The standard InChI is InChI=1S/3C4H6O10S2.3Ca/c3*5-2(6)1-4(3(7)8,15(9,10)11)16(12,13)14;;;/h3*1H2,(H,5,6)(H,7,8)(H,9,10,11)(H,12,13,14);;;/q;;;3*+2/p-6. The van der Waals surface area contributed by atoms with E-state index in [1.165, 1.54) is 0 Å². The van der Waals surface area contributed by atoms with Crippen LogP contribution < -0.4 is 30.6 Å². The van der Waals surface area contributed by atoms with E-state index >= 15 is 0 Å². The molecule has 6 N–H and O–H groups in total. The first kappa shape index (κ1) is 63.0. The van der Waals surface area contributed by atoms with Crippen molar-refractivity contribution in [2.45, 2.75) is 31.5 Å². The Balaban J connectivity index is -0.000000145. The Hall–Kier alpha value is 0.0592. The number of carbonyl (C=O) groups is 6. The second-order valence-corrected chi connectivity index (χ2v) is 18.3. The van der Waals surface area contributed by atoms with Gasteiger partial charge in [-0.25, -0.2) is 0 Å². The van der Waals surface area contributed by atoms with Crippen molar-refractivity contribution in [3.8, 4) is 0 Å². The fourth-order valence-corrected chi connectivity index (χ4v) is 8.62. The second-order valence-electron chi connectivity index (χ2n) is 7.62. The van der Waals surface area contributed by atoms with Gasteiger partial charge in [0.2, 0.25) is 0 Å². The summed E-state index contributed by atoms with van der Waals surface area (Å²) in [5.74, 6) is -16.4. The Morgan fingerprint density at radius 2 is 0.431 bits per heavy atom. The molecule has 0 fully saturated rings. The topological polar surface area (TPSA) is 567 Å². The normalized spacial score (nSPS) is 12.6. The summed E-state index contributed by atoms with van der Waals surface area (Å²) < 4.78 is 164. The summed E-state index contributed by atoms with van der Waals surface area (Å²) in [6, 6.07) is 0. The molecule has 0 atom stereocenters. The van der Waals surface area contributed by atoms with Crippen molar-refractivity contribution in [1.29, 1.82) is 0 Å². The molecule has 0 spiro atoms. The van der Waals surface area contributed by atoms with Gasteiger partial charge >= 0.3 is 113 Å². The van der Waals surface area contributed by atoms with Gasteiger partial charge in [-0.2, -0.15) is 50.5 Å². The first-order chi connectivity index (χ1) is 20.6. The zero-order valence-corrected chi connectivity index (χ0v) is 35.2. The van der Waals surface area contributed by atoms with E-state index in [-0.39, 0.29) is 113 Å². The van der Waals surface area contributed by atoms with Gasteiger partial charge in [-0.3, -0.25) is 27.3 Å². The average Bonchev–Trinajstić information content (AvgIpc) is 2.74. The number of rotatable bonds is 15. The first-order valence-corrected chi connectivity index (χ1v) is 18.3. The zero-order chi connectivity index (χ0) is 40.1. The minimum atomic E-state index is -6.00. The molecule has 0 aromatic rings.